The summed E-state index contributed by atoms with van der Waals surface area (Å²) in [6.07, 6.45) is 7.72. The molecule has 0 aliphatic carbocycles. The molecule has 1 saturated heterocycles. The molecule has 0 saturated carbocycles. The third-order valence-electron chi connectivity index (χ3n) is 5.32. The van der Waals surface area contributed by atoms with Gasteiger partial charge in [-0.2, -0.15) is 0 Å². The largest absolute Gasteiger partial charge is 0.659 e. The second-order valence-electron chi connectivity index (χ2n) is 8.02. The first-order chi connectivity index (χ1) is 17.4. The number of piperidine rings is 1. The van der Waals surface area contributed by atoms with E-state index >= 15 is 0 Å². The molecule has 2 unspecified atom stereocenters. The molecular weight excluding hydrogens is 575 g/mol. The minimum absolute atomic E-state index is 0. The molecule has 0 amide bonds. The Morgan fingerprint density at radius 1 is 0.784 bits per heavy atom. The molecule has 1 fully saturated rings. The van der Waals surface area contributed by atoms with E-state index in [0.717, 1.165) is 25.9 Å². The molecule has 0 bridgehead atoms. The van der Waals surface area contributed by atoms with Gasteiger partial charge >= 0.3 is 11.9 Å². The molecule has 2 atom stereocenters. The number of nitrogens with zero attached hydrogens (tertiary/aromatic N) is 2. The van der Waals surface area contributed by atoms with Crippen molar-refractivity contribution in [2.24, 2.45) is 0 Å². The van der Waals surface area contributed by atoms with E-state index in [1.807, 2.05) is 0 Å². The summed E-state index contributed by atoms with van der Waals surface area (Å²) >= 11 is 0. The quantitative estimate of drug-likeness (QED) is 0.107. The average molecular weight is 615 g/mol. The van der Waals surface area contributed by atoms with Crippen LogP contribution in [0.15, 0.2) is 35.2 Å². The van der Waals surface area contributed by atoms with Gasteiger partial charge in [-0.05, 0) is 39.9 Å². The third kappa shape index (κ3) is 13.9. The van der Waals surface area contributed by atoms with E-state index < -0.39 is 23.8 Å². The van der Waals surface area contributed by atoms with E-state index in [1.54, 1.807) is 27.7 Å². The van der Waals surface area contributed by atoms with Gasteiger partial charge in [0.25, 0.3) is 0 Å². The van der Waals surface area contributed by atoms with Crippen molar-refractivity contribution < 1.29 is 59.2 Å². The standard InChI is InChI=1S/C21H34NO8.C5H8N.Pd/c1-5-27-18(23)16(19(24)28-6-2)12-14-10-9-11-15(22-14)13-17(20(25)29-7-3)21(26)30-8-4;1-2-4-6-5-3-1;/h14-15,23,25H,5-13H2,1-4H3;1-2H,3-5H2;/q2*-1;/p-2/b18-16+,20-17+;;. The van der Waals surface area contributed by atoms with Crippen LogP contribution in [-0.2, 0) is 49.0 Å². The summed E-state index contributed by atoms with van der Waals surface area (Å²) in [4.78, 5) is 24.4. The van der Waals surface area contributed by atoms with Crippen molar-refractivity contribution >= 4 is 11.9 Å². The first-order valence-electron chi connectivity index (χ1n) is 12.8. The Bertz CT molecular complexity index is 710. The average Bonchev–Trinajstić information content (AvgIpc) is 2.88. The second kappa shape index (κ2) is 20.9. The Kier molecular flexibility index (Phi) is 19.8. The van der Waals surface area contributed by atoms with Crippen LogP contribution >= 0.6 is 0 Å². The van der Waals surface area contributed by atoms with Crippen molar-refractivity contribution in [2.75, 3.05) is 39.5 Å². The number of esters is 2. The van der Waals surface area contributed by atoms with Crippen molar-refractivity contribution in [1.82, 2.24) is 0 Å². The molecule has 0 N–H and O–H groups in total. The summed E-state index contributed by atoms with van der Waals surface area (Å²) in [5.74, 6) is -2.84. The van der Waals surface area contributed by atoms with Gasteiger partial charge in [-0.1, -0.05) is 45.6 Å². The van der Waals surface area contributed by atoms with E-state index in [1.165, 1.54) is 0 Å². The predicted molar refractivity (Wildman–Crippen MR) is 131 cm³/mol. The van der Waals surface area contributed by atoms with Crippen LogP contribution in [0.3, 0.4) is 0 Å². The van der Waals surface area contributed by atoms with E-state index in [0.29, 0.717) is 12.8 Å². The topological polar surface area (TPSA) is 145 Å². The van der Waals surface area contributed by atoms with Crippen LogP contribution in [0, 0.1) is 0 Å². The van der Waals surface area contributed by atoms with Gasteiger partial charge in [0.1, 0.15) is 0 Å². The van der Waals surface area contributed by atoms with E-state index in [2.05, 4.69) is 22.8 Å². The van der Waals surface area contributed by atoms with Crippen LogP contribution in [0.5, 0.6) is 0 Å². The Balaban J connectivity index is 0.00000161. The van der Waals surface area contributed by atoms with Gasteiger partial charge in [-0.15, -0.1) is 31.2 Å². The van der Waals surface area contributed by atoms with Crippen molar-refractivity contribution in [3.05, 3.63) is 45.8 Å². The number of hydrogen-bond donors (Lipinski definition) is 0. The summed E-state index contributed by atoms with van der Waals surface area (Å²) in [5, 5.41) is 33.1. The van der Waals surface area contributed by atoms with E-state index in [9.17, 15) is 19.8 Å². The fraction of sp³-hybridized carbons (Fsp3) is 0.692. The molecule has 0 aromatic heterocycles. The molecule has 2 aliphatic rings. The van der Waals surface area contributed by atoms with Gasteiger partial charge in [0.05, 0.1) is 36.3 Å². The maximum Gasteiger partial charge on any atom is 0.335 e. The summed E-state index contributed by atoms with van der Waals surface area (Å²) in [6, 6.07) is -0.642. The number of carbonyl (C=O) groups is 2. The van der Waals surface area contributed by atoms with Crippen molar-refractivity contribution in [3.8, 4) is 0 Å². The van der Waals surface area contributed by atoms with Crippen LogP contribution in [-0.4, -0.2) is 63.5 Å². The molecule has 0 aromatic rings. The fourth-order valence-electron chi connectivity index (χ4n) is 3.71. The molecule has 0 spiro atoms. The first kappa shape index (κ1) is 34.9. The van der Waals surface area contributed by atoms with Crippen molar-refractivity contribution in [3.63, 3.8) is 0 Å². The smallest absolute Gasteiger partial charge is 0.335 e. The van der Waals surface area contributed by atoms with Crippen molar-refractivity contribution in [1.29, 1.82) is 0 Å². The normalized spacial score (nSPS) is 20.1. The summed E-state index contributed by atoms with van der Waals surface area (Å²) in [5.41, 5.74) is -0.152. The van der Waals surface area contributed by atoms with Gasteiger partial charge in [-0.3, -0.25) is 0 Å². The minimum atomic E-state index is -0.710. The Morgan fingerprint density at radius 2 is 1.24 bits per heavy atom. The zero-order valence-corrected chi connectivity index (χ0v) is 23.8. The van der Waals surface area contributed by atoms with Crippen LogP contribution in [0.4, 0.5) is 0 Å². The minimum Gasteiger partial charge on any atom is -0.659 e. The molecule has 216 valence electrons. The number of rotatable bonds is 12. The molecule has 10 nitrogen and oxygen atoms in total. The molecule has 2 heterocycles. The summed E-state index contributed by atoms with van der Waals surface area (Å²) in [6.45, 7) is 9.18. The van der Waals surface area contributed by atoms with Gasteiger partial charge in [0.15, 0.2) is 0 Å². The van der Waals surface area contributed by atoms with Crippen molar-refractivity contribution in [2.45, 2.75) is 78.3 Å². The first-order valence-corrected chi connectivity index (χ1v) is 12.8. The molecule has 0 aromatic carbocycles. The predicted octanol–water partition coefficient (Wildman–Crippen LogP) is 2.72. The Hall–Kier alpha value is -2.06. The maximum atomic E-state index is 12.2. The Labute approximate surface area is 234 Å². The van der Waals surface area contributed by atoms with Crippen LogP contribution in [0.25, 0.3) is 10.6 Å². The van der Waals surface area contributed by atoms with E-state index in [4.69, 9.17) is 18.9 Å². The molecular formula is C26H40N2O8Pd-4. The molecule has 0 radical (unpaired) electrons. The monoisotopic (exact) mass is 614 g/mol. The van der Waals surface area contributed by atoms with Gasteiger partial charge in [-0.25, -0.2) is 9.59 Å². The van der Waals surface area contributed by atoms with Crippen LogP contribution < -0.4 is 10.2 Å². The fourth-order valence-corrected chi connectivity index (χ4v) is 3.71. The van der Waals surface area contributed by atoms with Crippen LogP contribution in [0.1, 0.15) is 66.2 Å². The molecule has 37 heavy (non-hydrogen) atoms. The van der Waals surface area contributed by atoms with Gasteiger partial charge in [0.2, 0.25) is 0 Å². The number of carbonyl (C=O) groups excluding carboxylic acids is 2. The third-order valence-corrected chi connectivity index (χ3v) is 5.32. The molecule has 2 rings (SSSR count). The number of hydrogen-bond acceptors (Lipinski definition) is 8. The summed E-state index contributed by atoms with van der Waals surface area (Å²) < 4.78 is 19.9. The zero-order chi connectivity index (χ0) is 26.8. The number of ether oxygens (including phenoxy) is 4. The van der Waals surface area contributed by atoms with Gasteiger partial charge in [0, 0.05) is 20.4 Å². The maximum absolute atomic E-state index is 12.2. The second-order valence-corrected chi connectivity index (χ2v) is 8.02. The van der Waals surface area contributed by atoms with E-state index in [-0.39, 0.29) is 82.9 Å². The molecule has 2 aliphatic heterocycles. The zero-order valence-electron chi connectivity index (χ0n) is 22.3. The van der Waals surface area contributed by atoms with Crippen LogP contribution in [0.2, 0.25) is 0 Å². The molecule has 11 heteroatoms. The SMILES string of the molecule is C1=CC[N-]CC1.CCOC(=O)/C(CC1CCCC(C/C(C(=O)OCC)=C(/[O-])OCC)[N-]1)=C(\[O-])OCC.[Pd]. The Morgan fingerprint density at radius 3 is 1.54 bits per heavy atom. The van der Waals surface area contributed by atoms with Gasteiger partial charge < -0.3 is 39.8 Å². The summed E-state index contributed by atoms with van der Waals surface area (Å²) in [7, 11) is 0.